The number of aryl methyl sites for hydroxylation is 2. The van der Waals surface area contributed by atoms with E-state index in [1.54, 1.807) is 7.05 Å². The molecular formula is C33H34N4O4. The predicted molar refractivity (Wildman–Crippen MR) is 159 cm³/mol. The lowest BCUT2D eigenvalue weighted by molar-refractivity contribution is -0.0586. The SMILES string of the molecule is CNC(=O)c1cc(-c2c(C)noc2C)cc2c1c1cc(C(=O)N3CC(C)OC(C)C3)ccc1n2Cc1ccccc1. The van der Waals surface area contributed by atoms with Gasteiger partial charge in [-0.3, -0.25) is 9.59 Å². The fraction of sp³-hybridized carbons (Fsp3) is 0.303. The summed E-state index contributed by atoms with van der Waals surface area (Å²) in [5.74, 6) is 0.457. The summed E-state index contributed by atoms with van der Waals surface area (Å²) in [4.78, 5) is 29.0. The molecule has 8 heteroatoms. The molecule has 3 heterocycles. The van der Waals surface area contributed by atoms with Gasteiger partial charge in [0.15, 0.2) is 0 Å². The lowest BCUT2D eigenvalue weighted by atomic mass is 9.96. The molecule has 1 aliphatic heterocycles. The van der Waals surface area contributed by atoms with E-state index < -0.39 is 0 Å². The molecule has 5 aromatic rings. The van der Waals surface area contributed by atoms with E-state index in [-0.39, 0.29) is 24.0 Å². The monoisotopic (exact) mass is 550 g/mol. The molecule has 0 spiro atoms. The van der Waals surface area contributed by atoms with Crippen molar-refractivity contribution in [2.24, 2.45) is 0 Å². The molecule has 2 aromatic heterocycles. The van der Waals surface area contributed by atoms with Gasteiger partial charge in [-0.25, -0.2) is 0 Å². The summed E-state index contributed by atoms with van der Waals surface area (Å²) < 4.78 is 13.6. The van der Waals surface area contributed by atoms with E-state index in [2.05, 4.69) is 33.2 Å². The van der Waals surface area contributed by atoms with Crippen LogP contribution in [0.5, 0.6) is 0 Å². The van der Waals surface area contributed by atoms with Gasteiger partial charge in [0.05, 0.1) is 23.4 Å². The molecule has 1 aliphatic rings. The quantitative estimate of drug-likeness (QED) is 0.302. The van der Waals surface area contributed by atoms with Crippen molar-refractivity contribution in [3.8, 4) is 11.1 Å². The van der Waals surface area contributed by atoms with Crippen LogP contribution < -0.4 is 5.32 Å². The normalized spacial score (nSPS) is 17.3. The van der Waals surface area contributed by atoms with Crippen molar-refractivity contribution in [3.05, 3.63) is 88.8 Å². The number of fused-ring (bicyclic) bond motifs is 3. The van der Waals surface area contributed by atoms with Crippen molar-refractivity contribution in [1.82, 2.24) is 19.9 Å². The van der Waals surface area contributed by atoms with Gasteiger partial charge >= 0.3 is 0 Å². The van der Waals surface area contributed by atoms with Gasteiger partial charge < -0.3 is 24.0 Å². The van der Waals surface area contributed by atoms with Gasteiger partial charge in [-0.2, -0.15) is 0 Å². The van der Waals surface area contributed by atoms with Crippen molar-refractivity contribution in [3.63, 3.8) is 0 Å². The molecule has 2 atom stereocenters. The Morgan fingerprint density at radius 1 is 0.976 bits per heavy atom. The van der Waals surface area contributed by atoms with Crippen molar-refractivity contribution >= 4 is 33.6 Å². The first-order valence-corrected chi connectivity index (χ1v) is 14.0. The minimum atomic E-state index is -0.199. The summed E-state index contributed by atoms with van der Waals surface area (Å²) in [6, 6.07) is 20.1. The smallest absolute Gasteiger partial charge is 0.254 e. The Bertz CT molecular complexity index is 1760. The number of hydrogen-bond acceptors (Lipinski definition) is 5. The van der Waals surface area contributed by atoms with Crippen LogP contribution in [0.1, 0.15) is 51.6 Å². The lowest BCUT2D eigenvalue weighted by Gasteiger charge is -2.35. The summed E-state index contributed by atoms with van der Waals surface area (Å²) in [6.45, 7) is 9.45. The Balaban J connectivity index is 1.61. The maximum Gasteiger partial charge on any atom is 0.254 e. The van der Waals surface area contributed by atoms with Crippen LogP contribution >= 0.6 is 0 Å². The molecule has 3 aromatic carbocycles. The van der Waals surface area contributed by atoms with Crippen LogP contribution in [0.4, 0.5) is 0 Å². The van der Waals surface area contributed by atoms with Crippen molar-refractivity contribution < 1.29 is 18.8 Å². The van der Waals surface area contributed by atoms with Crippen LogP contribution in [0.2, 0.25) is 0 Å². The Kier molecular flexibility index (Phi) is 6.87. The number of hydrogen-bond donors (Lipinski definition) is 1. The number of carbonyl (C=O) groups excluding carboxylic acids is 2. The third-order valence-corrected chi connectivity index (χ3v) is 7.90. The first-order valence-electron chi connectivity index (χ1n) is 14.0. The maximum atomic E-state index is 13.7. The molecule has 0 bridgehead atoms. The third kappa shape index (κ3) is 4.78. The molecule has 0 saturated carbocycles. The number of benzene rings is 3. The van der Waals surface area contributed by atoms with Crippen LogP contribution in [0.25, 0.3) is 32.9 Å². The zero-order valence-corrected chi connectivity index (χ0v) is 24.0. The molecule has 210 valence electrons. The number of aromatic nitrogens is 2. The molecule has 2 unspecified atom stereocenters. The Morgan fingerprint density at radius 2 is 1.71 bits per heavy atom. The number of nitrogens with one attached hydrogen (secondary N) is 1. The van der Waals surface area contributed by atoms with Gasteiger partial charge in [-0.15, -0.1) is 0 Å². The number of amides is 2. The van der Waals surface area contributed by atoms with E-state index in [0.29, 0.717) is 36.5 Å². The standard InChI is InChI=1S/C33H34N4O4/c1-19-16-36(17-20(2)40-19)33(39)24-11-12-28-26(13-24)31-27(32(38)34-5)14-25(30-21(3)35-41-22(30)4)15-29(31)37(28)18-23-9-7-6-8-10-23/h6-15,19-20H,16-18H2,1-5H3,(H,34,38). The summed E-state index contributed by atoms with van der Waals surface area (Å²) in [5.41, 5.74) is 6.61. The topological polar surface area (TPSA) is 89.6 Å². The zero-order valence-electron chi connectivity index (χ0n) is 24.0. The second-order valence-electron chi connectivity index (χ2n) is 11.0. The number of nitrogens with zero attached hydrogens (tertiary/aromatic N) is 3. The van der Waals surface area contributed by atoms with Crippen LogP contribution in [0.3, 0.4) is 0 Å². The fourth-order valence-corrected chi connectivity index (χ4v) is 6.17. The Hall–Kier alpha value is -4.43. The summed E-state index contributed by atoms with van der Waals surface area (Å²) in [6.07, 6.45) is -0.0522. The minimum Gasteiger partial charge on any atom is -0.372 e. The van der Waals surface area contributed by atoms with Gasteiger partial charge in [0.1, 0.15) is 5.76 Å². The molecule has 0 aliphatic carbocycles. The highest BCUT2D eigenvalue weighted by atomic mass is 16.5. The number of ether oxygens (including phenoxy) is 1. The van der Waals surface area contributed by atoms with E-state index in [1.807, 2.05) is 75.1 Å². The van der Waals surface area contributed by atoms with Crippen LogP contribution in [-0.4, -0.2) is 58.8 Å². The van der Waals surface area contributed by atoms with E-state index in [1.165, 1.54) is 0 Å². The van der Waals surface area contributed by atoms with Gasteiger partial charge in [0, 0.05) is 59.7 Å². The van der Waals surface area contributed by atoms with Gasteiger partial charge in [0.25, 0.3) is 11.8 Å². The van der Waals surface area contributed by atoms with Crippen molar-refractivity contribution in [2.75, 3.05) is 20.1 Å². The average molecular weight is 551 g/mol. The highest BCUT2D eigenvalue weighted by molar-refractivity contribution is 6.20. The first-order chi connectivity index (χ1) is 19.7. The first kappa shape index (κ1) is 26.8. The minimum absolute atomic E-state index is 0.0261. The Morgan fingerprint density at radius 3 is 2.37 bits per heavy atom. The highest BCUT2D eigenvalue weighted by Crippen LogP contribution is 2.38. The van der Waals surface area contributed by atoms with Gasteiger partial charge in [0.2, 0.25) is 0 Å². The summed E-state index contributed by atoms with van der Waals surface area (Å²) in [7, 11) is 1.63. The van der Waals surface area contributed by atoms with Crippen LogP contribution in [0, 0.1) is 13.8 Å². The number of carbonyl (C=O) groups is 2. The molecule has 1 fully saturated rings. The molecular weight excluding hydrogens is 516 g/mol. The summed E-state index contributed by atoms with van der Waals surface area (Å²) >= 11 is 0. The average Bonchev–Trinajstić information content (AvgIpc) is 3.46. The molecule has 1 saturated heterocycles. The van der Waals surface area contributed by atoms with E-state index >= 15 is 0 Å². The van der Waals surface area contributed by atoms with E-state index in [0.717, 1.165) is 44.2 Å². The molecule has 41 heavy (non-hydrogen) atoms. The van der Waals surface area contributed by atoms with Gasteiger partial charge in [-0.1, -0.05) is 35.5 Å². The Labute approximate surface area is 238 Å². The van der Waals surface area contributed by atoms with E-state index in [4.69, 9.17) is 9.26 Å². The third-order valence-electron chi connectivity index (χ3n) is 7.90. The number of rotatable bonds is 5. The number of morpholine rings is 1. The van der Waals surface area contributed by atoms with E-state index in [9.17, 15) is 9.59 Å². The van der Waals surface area contributed by atoms with Crippen LogP contribution in [0.15, 0.2) is 65.2 Å². The molecule has 8 nitrogen and oxygen atoms in total. The second kappa shape index (κ2) is 10.5. The highest BCUT2D eigenvalue weighted by Gasteiger charge is 2.28. The zero-order chi connectivity index (χ0) is 28.8. The van der Waals surface area contributed by atoms with Crippen molar-refractivity contribution in [1.29, 1.82) is 0 Å². The fourth-order valence-electron chi connectivity index (χ4n) is 6.17. The largest absolute Gasteiger partial charge is 0.372 e. The summed E-state index contributed by atoms with van der Waals surface area (Å²) in [5, 5.41) is 8.64. The molecule has 0 radical (unpaired) electrons. The predicted octanol–water partition coefficient (Wildman–Crippen LogP) is 5.72. The van der Waals surface area contributed by atoms with Crippen molar-refractivity contribution in [2.45, 2.75) is 46.4 Å². The lowest BCUT2D eigenvalue weighted by Crippen LogP contribution is -2.48. The van der Waals surface area contributed by atoms with Gasteiger partial charge in [-0.05, 0) is 69.2 Å². The maximum absolute atomic E-state index is 13.7. The van der Waals surface area contributed by atoms with Crippen LogP contribution in [-0.2, 0) is 11.3 Å². The molecule has 6 rings (SSSR count). The molecule has 1 N–H and O–H groups in total. The second-order valence-corrected chi connectivity index (χ2v) is 11.0. The molecule has 2 amide bonds.